The number of hydrogen-bond donors (Lipinski definition) is 0. The quantitative estimate of drug-likeness (QED) is 0.189. The molecule has 0 amide bonds. The highest BCUT2D eigenvalue weighted by Crippen LogP contribution is 2.46. The molecule has 0 aliphatic carbocycles. The third-order valence-corrected chi connectivity index (χ3v) is 9.60. The van der Waals surface area contributed by atoms with Gasteiger partial charge in [-0.2, -0.15) is 0 Å². The van der Waals surface area contributed by atoms with Crippen molar-refractivity contribution in [2.24, 2.45) is 0 Å². The number of hydrogen-bond acceptors (Lipinski definition) is 1. The Hall–Kier alpha value is -6.12. The molecule has 0 atom stereocenters. The van der Waals surface area contributed by atoms with Crippen molar-refractivity contribution in [1.29, 1.82) is 0 Å². The van der Waals surface area contributed by atoms with Crippen LogP contribution in [-0.2, 0) is 0 Å². The van der Waals surface area contributed by atoms with Crippen LogP contribution in [0, 0.1) is 0 Å². The fourth-order valence-electron chi connectivity index (χ4n) is 7.65. The van der Waals surface area contributed by atoms with E-state index in [-0.39, 0.29) is 0 Å². The molecule has 2 aromatic heterocycles. The Bertz CT molecular complexity index is 2690. The van der Waals surface area contributed by atoms with Gasteiger partial charge in [0.1, 0.15) is 11.2 Å². The van der Waals surface area contributed by atoms with Gasteiger partial charge in [-0.3, -0.25) is 0 Å². The normalized spacial score (nSPS) is 11.9. The van der Waals surface area contributed by atoms with Crippen molar-refractivity contribution in [2.75, 3.05) is 0 Å². The smallest absolute Gasteiger partial charge is 0.143 e. The Labute approximate surface area is 265 Å². The van der Waals surface area contributed by atoms with Gasteiger partial charge in [0, 0.05) is 38.4 Å². The van der Waals surface area contributed by atoms with E-state index in [1.165, 1.54) is 60.0 Å². The van der Waals surface area contributed by atoms with Crippen LogP contribution in [0.25, 0.3) is 93.2 Å². The van der Waals surface area contributed by atoms with Crippen LogP contribution in [0.5, 0.6) is 0 Å². The molecular formula is C44H27NO. The fourth-order valence-corrected chi connectivity index (χ4v) is 7.65. The van der Waals surface area contributed by atoms with Crippen LogP contribution in [-0.4, -0.2) is 4.57 Å². The monoisotopic (exact) mass is 585 g/mol. The SMILES string of the molecule is c1ccc2c(c1)oc1c(-c3c4ccccc4c(-c4ccc(-n5c6ccccc6c6ccccc65)cc4)c4ccccc34)cccc12. The maximum atomic E-state index is 6.56. The maximum absolute atomic E-state index is 6.56. The van der Waals surface area contributed by atoms with Crippen molar-refractivity contribution >= 4 is 65.3 Å². The molecule has 8 aromatic carbocycles. The molecule has 0 bridgehead atoms. The predicted octanol–water partition coefficient (Wildman–Crippen LogP) is 12.3. The number of furan rings is 1. The molecule has 0 spiro atoms. The van der Waals surface area contributed by atoms with E-state index >= 15 is 0 Å². The van der Waals surface area contributed by atoms with E-state index in [0.717, 1.165) is 33.2 Å². The van der Waals surface area contributed by atoms with Crippen molar-refractivity contribution in [3.63, 3.8) is 0 Å². The molecule has 10 aromatic rings. The molecule has 2 heterocycles. The first-order chi connectivity index (χ1) is 22.8. The predicted molar refractivity (Wildman–Crippen MR) is 194 cm³/mol. The van der Waals surface area contributed by atoms with Crippen LogP contribution in [0.1, 0.15) is 0 Å². The van der Waals surface area contributed by atoms with Crippen molar-refractivity contribution in [3.05, 3.63) is 164 Å². The van der Waals surface area contributed by atoms with Crippen LogP contribution in [0.2, 0.25) is 0 Å². The van der Waals surface area contributed by atoms with Crippen molar-refractivity contribution < 1.29 is 4.42 Å². The second kappa shape index (κ2) is 9.69. The number of rotatable bonds is 3. The largest absolute Gasteiger partial charge is 0.455 e. The van der Waals surface area contributed by atoms with Gasteiger partial charge in [-0.05, 0) is 63.0 Å². The average Bonchev–Trinajstić information content (AvgIpc) is 3.67. The average molecular weight is 586 g/mol. The summed E-state index contributed by atoms with van der Waals surface area (Å²) >= 11 is 0. The van der Waals surface area contributed by atoms with Crippen LogP contribution >= 0.6 is 0 Å². The molecule has 0 aliphatic rings. The van der Waals surface area contributed by atoms with E-state index in [1.54, 1.807) is 0 Å². The first-order valence-corrected chi connectivity index (χ1v) is 15.8. The van der Waals surface area contributed by atoms with Gasteiger partial charge in [-0.25, -0.2) is 0 Å². The minimum Gasteiger partial charge on any atom is -0.455 e. The molecule has 214 valence electrons. The standard InChI is InChI=1S/C44H27NO/c1-3-17-35-33(15-1)42(28-24-26-29(27-25-28)45-39-21-8-5-12-30(39)31-13-6-9-22-40(31)45)34-16-2-4-18-36(34)43(35)38-20-11-19-37-32-14-7-10-23-41(32)46-44(37)38/h1-27H. The number of nitrogens with zero attached hydrogens (tertiary/aromatic N) is 1. The Morgan fingerprint density at radius 1 is 0.348 bits per heavy atom. The maximum Gasteiger partial charge on any atom is 0.143 e. The van der Waals surface area contributed by atoms with Gasteiger partial charge in [0.05, 0.1) is 11.0 Å². The van der Waals surface area contributed by atoms with Gasteiger partial charge in [0.15, 0.2) is 0 Å². The van der Waals surface area contributed by atoms with Crippen LogP contribution in [0.4, 0.5) is 0 Å². The highest BCUT2D eigenvalue weighted by Gasteiger charge is 2.20. The Kier molecular flexibility index (Phi) is 5.31. The van der Waals surface area contributed by atoms with E-state index < -0.39 is 0 Å². The summed E-state index contributed by atoms with van der Waals surface area (Å²) in [5.41, 5.74) is 10.2. The molecule has 0 saturated heterocycles. The minimum absolute atomic E-state index is 0.915. The molecule has 0 fully saturated rings. The molecule has 0 N–H and O–H groups in total. The zero-order valence-corrected chi connectivity index (χ0v) is 24.9. The molecule has 0 saturated carbocycles. The molecule has 10 rings (SSSR count). The highest BCUT2D eigenvalue weighted by atomic mass is 16.3. The van der Waals surface area contributed by atoms with Gasteiger partial charge in [0.25, 0.3) is 0 Å². The summed E-state index contributed by atoms with van der Waals surface area (Å²) in [5, 5.41) is 9.73. The molecular weight excluding hydrogens is 558 g/mol. The number of aromatic nitrogens is 1. The van der Waals surface area contributed by atoms with E-state index in [2.05, 4.69) is 162 Å². The van der Waals surface area contributed by atoms with Gasteiger partial charge in [-0.15, -0.1) is 0 Å². The van der Waals surface area contributed by atoms with Crippen LogP contribution in [0.3, 0.4) is 0 Å². The molecule has 46 heavy (non-hydrogen) atoms. The first-order valence-electron chi connectivity index (χ1n) is 15.8. The third-order valence-electron chi connectivity index (χ3n) is 9.60. The van der Waals surface area contributed by atoms with Crippen LogP contribution in [0.15, 0.2) is 168 Å². The summed E-state index contributed by atoms with van der Waals surface area (Å²) in [5.74, 6) is 0. The minimum atomic E-state index is 0.915. The molecule has 0 radical (unpaired) electrons. The Balaban J connectivity index is 1.23. The van der Waals surface area contributed by atoms with E-state index in [0.29, 0.717) is 0 Å². The summed E-state index contributed by atoms with van der Waals surface area (Å²) in [7, 11) is 0. The lowest BCUT2D eigenvalue weighted by atomic mass is 9.85. The zero-order chi connectivity index (χ0) is 30.2. The number of para-hydroxylation sites is 4. The molecule has 2 heteroatoms. The van der Waals surface area contributed by atoms with Gasteiger partial charge in [0.2, 0.25) is 0 Å². The van der Waals surface area contributed by atoms with Gasteiger partial charge < -0.3 is 8.98 Å². The summed E-state index contributed by atoms with van der Waals surface area (Å²) in [6.45, 7) is 0. The summed E-state index contributed by atoms with van der Waals surface area (Å²) in [6, 6.07) is 58.9. The molecule has 0 aliphatic heterocycles. The van der Waals surface area contributed by atoms with Crippen molar-refractivity contribution in [2.45, 2.75) is 0 Å². The van der Waals surface area contributed by atoms with Crippen LogP contribution < -0.4 is 0 Å². The van der Waals surface area contributed by atoms with Gasteiger partial charge >= 0.3 is 0 Å². The zero-order valence-electron chi connectivity index (χ0n) is 24.9. The Morgan fingerprint density at radius 2 is 0.826 bits per heavy atom. The fraction of sp³-hybridized carbons (Fsp3) is 0. The molecule has 0 unspecified atom stereocenters. The van der Waals surface area contributed by atoms with E-state index in [1.807, 2.05) is 6.07 Å². The lowest BCUT2D eigenvalue weighted by molar-refractivity contribution is 0.670. The summed E-state index contributed by atoms with van der Waals surface area (Å²) < 4.78 is 8.93. The van der Waals surface area contributed by atoms with E-state index in [9.17, 15) is 0 Å². The second-order valence-corrected chi connectivity index (χ2v) is 12.0. The third kappa shape index (κ3) is 3.53. The topological polar surface area (TPSA) is 18.1 Å². The molecule has 2 nitrogen and oxygen atoms in total. The van der Waals surface area contributed by atoms with Gasteiger partial charge in [-0.1, -0.05) is 133 Å². The Morgan fingerprint density at radius 3 is 1.43 bits per heavy atom. The van der Waals surface area contributed by atoms with Crippen molar-refractivity contribution in [1.82, 2.24) is 4.57 Å². The van der Waals surface area contributed by atoms with Crippen molar-refractivity contribution in [3.8, 4) is 27.9 Å². The summed E-state index contributed by atoms with van der Waals surface area (Å²) in [4.78, 5) is 0. The highest BCUT2D eigenvalue weighted by molar-refractivity contribution is 6.24. The first kappa shape index (κ1) is 25.2. The lowest BCUT2D eigenvalue weighted by Gasteiger charge is -2.18. The van der Waals surface area contributed by atoms with E-state index in [4.69, 9.17) is 4.42 Å². The lowest BCUT2D eigenvalue weighted by Crippen LogP contribution is -1.94. The summed E-state index contributed by atoms with van der Waals surface area (Å²) in [6.07, 6.45) is 0. The second-order valence-electron chi connectivity index (χ2n) is 12.0. The number of benzene rings is 8. The number of fused-ring (bicyclic) bond motifs is 8.